The van der Waals surface area contributed by atoms with Gasteiger partial charge in [0.2, 0.25) is 5.88 Å². The molecule has 4 aliphatic rings. The lowest BCUT2D eigenvalue weighted by molar-refractivity contribution is -0.00333. The second-order valence-corrected chi connectivity index (χ2v) is 6.80. The first-order valence-electron chi connectivity index (χ1n) is 7.49. The highest BCUT2D eigenvalue weighted by molar-refractivity contribution is 5.43. The van der Waals surface area contributed by atoms with Crippen LogP contribution < -0.4 is 5.73 Å². The summed E-state index contributed by atoms with van der Waals surface area (Å²) in [7, 11) is 1.70. The number of nitrogen functional groups attached to an aromatic ring is 1. The van der Waals surface area contributed by atoms with Crippen LogP contribution in [-0.4, -0.2) is 12.3 Å². The third-order valence-corrected chi connectivity index (χ3v) is 5.67. The van der Waals surface area contributed by atoms with Crippen molar-refractivity contribution in [3.8, 4) is 0 Å². The molecule has 4 bridgehead atoms. The van der Waals surface area contributed by atoms with E-state index in [-0.39, 0.29) is 0 Å². The zero-order valence-electron chi connectivity index (χ0n) is 11.5. The Morgan fingerprint density at radius 2 is 1.79 bits per heavy atom. The first kappa shape index (κ1) is 11.8. The highest BCUT2D eigenvalue weighted by Crippen LogP contribution is 2.60. The smallest absolute Gasteiger partial charge is 0.225 e. The fraction of sp³-hybridized carbons (Fsp3) is 0.800. The molecule has 19 heavy (non-hydrogen) atoms. The summed E-state index contributed by atoms with van der Waals surface area (Å²) in [5, 5.41) is 4.11. The third-order valence-electron chi connectivity index (χ3n) is 5.67. The van der Waals surface area contributed by atoms with Crippen LogP contribution in [0.4, 0.5) is 5.88 Å². The Kier molecular flexibility index (Phi) is 2.62. The fourth-order valence-corrected chi connectivity index (χ4v) is 5.34. The molecule has 4 heteroatoms. The van der Waals surface area contributed by atoms with Gasteiger partial charge in [-0.3, -0.25) is 0 Å². The molecule has 1 aromatic rings. The van der Waals surface area contributed by atoms with E-state index in [0.717, 1.165) is 29.4 Å². The molecule has 0 radical (unpaired) electrons. The predicted molar refractivity (Wildman–Crippen MR) is 71.4 cm³/mol. The Bertz CT molecular complexity index is 454. The van der Waals surface area contributed by atoms with E-state index in [2.05, 4.69) is 5.16 Å². The molecule has 0 saturated heterocycles. The molecule has 4 aliphatic carbocycles. The molecule has 2 N–H and O–H groups in total. The monoisotopic (exact) mass is 262 g/mol. The van der Waals surface area contributed by atoms with Gasteiger partial charge in [0.25, 0.3) is 0 Å². The molecule has 4 saturated carbocycles. The summed E-state index contributed by atoms with van der Waals surface area (Å²) < 4.78 is 10.5. The number of nitrogens with zero attached hydrogens (tertiary/aromatic N) is 1. The van der Waals surface area contributed by atoms with Crippen molar-refractivity contribution in [3.63, 3.8) is 0 Å². The molecule has 4 fully saturated rings. The Morgan fingerprint density at radius 3 is 2.37 bits per heavy atom. The summed E-state index contributed by atoms with van der Waals surface area (Å²) in [5.74, 6) is 4.66. The van der Waals surface area contributed by atoms with E-state index in [1.807, 2.05) is 0 Å². The van der Waals surface area contributed by atoms with E-state index in [4.69, 9.17) is 15.0 Å². The number of anilines is 1. The fourth-order valence-electron chi connectivity index (χ4n) is 5.34. The van der Waals surface area contributed by atoms with Gasteiger partial charge in [-0.2, -0.15) is 0 Å². The van der Waals surface area contributed by atoms with Gasteiger partial charge in [-0.25, -0.2) is 0 Å². The molecular formula is C15H22N2O2. The molecule has 0 aromatic carbocycles. The van der Waals surface area contributed by atoms with Gasteiger partial charge in [0.15, 0.2) is 0 Å². The minimum Gasteiger partial charge on any atom is -0.378 e. The van der Waals surface area contributed by atoms with Crippen LogP contribution in [0.15, 0.2) is 4.52 Å². The molecular weight excluding hydrogens is 240 g/mol. The predicted octanol–water partition coefficient (Wildman–Crippen LogP) is 2.94. The molecule has 0 amide bonds. The summed E-state index contributed by atoms with van der Waals surface area (Å²) in [6.45, 7) is 0.513. The molecule has 104 valence electrons. The summed E-state index contributed by atoms with van der Waals surface area (Å²) in [5.41, 5.74) is 8.17. The van der Waals surface area contributed by atoms with Crippen molar-refractivity contribution < 1.29 is 9.26 Å². The number of ether oxygens (including phenoxy) is 1. The summed E-state index contributed by atoms with van der Waals surface area (Å²) in [4.78, 5) is 0. The van der Waals surface area contributed by atoms with Gasteiger partial charge in [-0.05, 0) is 61.7 Å². The topological polar surface area (TPSA) is 61.3 Å². The van der Waals surface area contributed by atoms with E-state index in [9.17, 15) is 0 Å². The van der Waals surface area contributed by atoms with Crippen LogP contribution >= 0.6 is 0 Å². The van der Waals surface area contributed by atoms with E-state index in [0.29, 0.717) is 18.4 Å². The highest BCUT2D eigenvalue weighted by Gasteiger charge is 2.50. The third kappa shape index (κ3) is 1.72. The zero-order valence-corrected chi connectivity index (χ0v) is 11.5. The van der Waals surface area contributed by atoms with E-state index in [1.54, 1.807) is 7.11 Å². The Morgan fingerprint density at radius 1 is 1.16 bits per heavy atom. The Balaban J connectivity index is 1.70. The van der Waals surface area contributed by atoms with Crippen LogP contribution in [0, 0.1) is 23.7 Å². The van der Waals surface area contributed by atoms with Crippen LogP contribution in [-0.2, 0) is 11.3 Å². The minimum absolute atomic E-state index is 0.513. The van der Waals surface area contributed by atoms with Gasteiger partial charge >= 0.3 is 0 Å². The molecule has 4 nitrogen and oxygen atoms in total. The first-order chi connectivity index (χ1) is 9.26. The van der Waals surface area contributed by atoms with Gasteiger partial charge in [-0.1, -0.05) is 5.16 Å². The maximum absolute atomic E-state index is 6.07. The SMILES string of the molecule is COCc1noc(N)c1C1C2CC3CC(C2)CC1C3. The van der Waals surface area contributed by atoms with Crippen LogP contribution in [0.1, 0.15) is 49.3 Å². The van der Waals surface area contributed by atoms with E-state index >= 15 is 0 Å². The van der Waals surface area contributed by atoms with Crippen molar-refractivity contribution >= 4 is 5.88 Å². The zero-order chi connectivity index (χ0) is 13.0. The number of methoxy groups -OCH3 is 1. The highest BCUT2D eigenvalue weighted by atomic mass is 16.5. The number of hydrogen-bond donors (Lipinski definition) is 1. The molecule has 0 aliphatic heterocycles. The van der Waals surface area contributed by atoms with Crippen molar-refractivity contribution in [2.24, 2.45) is 23.7 Å². The molecule has 1 aromatic heterocycles. The van der Waals surface area contributed by atoms with Crippen LogP contribution in [0.5, 0.6) is 0 Å². The maximum atomic E-state index is 6.07. The summed E-state index contributed by atoms with van der Waals surface area (Å²) in [6.07, 6.45) is 7.01. The quantitative estimate of drug-likeness (QED) is 0.909. The van der Waals surface area contributed by atoms with Gasteiger partial charge in [0.1, 0.15) is 5.69 Å². The Hall–Kier alpha value is -1.03. The molecule has 5 rings (SSSR count). The second-order valence-electron chi connectivity index (χ2n) is 6.80. The van der Waals surface area contributed by atoms with Crippen molar-refractivity contribution in [1.29, 1.82) is 0 Å². The van der Waals surface area contributed by atoms with Crippen molar-refractivity contribution in [2.45, 2.75) is 44.6 Å². The number of nitrogens with two attached hydrogens (primary N) is 1. The van der Waals surface area contributed by atoms with E-state index in [1.165, 1.54) is 37.7 Å². The van der Waals surface area contributed by atoms with Gasteiger partial charge in [0, 0.05) is 12.7 Å². The first-order valence-corrected chi connectivity index (χ1v) is 7.49. The average Bonchev–Trinajstić information content (AvgIpc) is 2.71. The number of hydrogen-bond acceptors (Lipinski definition) is 4. The maximum Gasteiger partial charge on any atom is 0.225 e. The number of rotatable bonds is 3. The van der Waals surface area contributed by atoms with Crippen LogP contribution in [0.25, 0.3) is 0 Å². The van der Waals surface area contributed by atoms with Crippen molar-refractivity contribution in [1.82, 2.24) is 5.16 Å². The lowest BCUT2D eigenvalue weighted by Crippen LogP contribution is -2.44. The lowest BCUT2D eigenvalue weighted by atomic mass is 9.50. The molecule has 0 spiro atoms. The molecule has 0 atom stereocenters. The Labute approximate surface area is 113 Å². The summed E-state index contributed by atoms with van der Waals surface area (Å²) in [6, 6.07) is 0. The van der Waals surface area contributed by atoms with E-state index < -0.39 is 0 Å². The number of aromatic nitrogens is 1. The second kappa shape index (κ2) is 4.23. The lowest BCUT2D eigenvalue weighted by Gasteiger charge is -2.54. The van der Waals surface area contributed by atoms with Crippen molar-refractivity contribution in [3.05, 3.63) is 11.3 Å². The van der Waals surface area contributed by atoms with Crippen LogP contribution in [0.3, 0.4) is 0 Å². The van der Waals surface area contributed by atoms with Gasteiger partial charge in [-0.15, -0.1) is 0 Å². The van der Waals surface area contributed by atoms with Crippen molar-refractivity contribution in [2.75, 3.05) is 12.8 Å². The average molecular weight is 262 g/mol. The molecule has 0 unspecified atom stereocenters. The minimum atomic E-state index is 0.513. The van der Waals surface area contributed by atoms with Crippen LogP contribution in [0.2, 0.25) is 0 Å². The van der Waals surface area contributed by atoms with Gasteiger partial charge in [0.05, 0.1) is 6.61 Å². The summed E-state index contributed by atoms with van der Waals surface area (Å²) >= 11 is 0. The molecule has 1 heterocycles. The van der Waals surface area contributed by atoms with Gasteiger partial charge < -0.3 is 15.0 Å². The standard InChI is InChI=1S/C15H22N2O2/c1-18-7-12-14(15(16)19-17-12)13-10-3-8-2-9(5-10)6-11(13)4-8/h8-11,13H,2-7,16H2,1H3. The normalized spacial score (nSPS) is 39.9. The largest absolute Gasteiger partial charge is 0.378 e.